The van der Waals surface area contributed by atoms with Gasteiger partial charge in [0.05, 0.1) is 25.2 Å². The van der Waals surface area contributed by atoms with Gasteiger partial charge in [0.15, 0.2) is 0 Å². The number of aromatic amines is 1. The second-order valence-corrected chi connectivity index (χ2v) is 7.94. The summed E-state index contributed by atoms with van der Waals surface area (Å²) in [5, 5.41) is 1.65. The van der Waals surface area contributed by atoms with E-state index in [1.165, 1.54) is 6.07 Å². The Morgan fingerprint density at radius 3 is 2.56 bits per heavy atom. The Bertz CT molecular complexity index is 1360. The molecule has 1 aliphatic rings. The number of carbonyl (C=O) groups excluding carboxylic acids is 2. The fourth-order valence-electron chi connectivity index (χ4n) is 4.39. The highest BCUT2D eigenvalue weighted by Crippen LogP contribution is 2.38. The first-order valence-corrected chi connectivity index (χ1v) is 10.5. The van der Waals surface area contributed by atoms with Gasteiger partial charge < -0.3 is 20.4 Å². The van der Waals surface area contributed by atoms with Crippen LogP contribution in [0.15, 0.2) is 54.6 Å². The van der Waals surface area contributed by atoms with Crippen molar-refractivity contribution in [2.24, 2.45) is 5.73 Å². The van der Waals surface area contributed by atoms with Crippen molar-refractivity contribution in [3.63, 3.8) is 0 Å². The van der Waals surface area contributed by atoms with Crippen molar-refractivity contribution in [3.05, 3.63) is 71.5 Å². The third kappa shape index (κ3) is 3.50. The number of fused-ring (bicyclic) bond motifs is 3. The van der Waals surface area contributed by atoms with E-state index in [4.69, 9.17) is 10.5 Å². The third-order valence-corrected chi connectivity index (χ3v) is 5.91. The lowest BCUT2D eigenvalue weighted by Gasteiger charge is -2.26. The lowest BCUT2D eigenvalue weighted by Crippen LogP contribution is -2.40. The van der Waals surface area contributed by atoms with Gasteiger partial charge in [0.2, 0.25) is 5.91 Å². The quantitative estimate of drug-likeness (QED) is 0.517. The van der Waals surface area contributed by atoms with Gasteiger partial charge in [-0.25, -0.2) is 4.39 Å². The van der Waals surface area contributed by atoms with E-state index >= 15 is 0 Å². The molecular weight excluding hydrogens is 409 g/mol. The van der Waals surface area contributed by atoms with Crippen molar-refractivity contribution in [2.45, 2.75) is 6.42 Å². The number of aromatic nitrogens is 1. The molecule has 3 aromatic carbocycles. The predicted octanol–water partition coefficient (Wildman–Crippen LogP) is 3.63. The summed E-state index contributed by atoms with van der Waals surface area (Å²) in [6.07, 6.45) is 0.0560. The lowest BCUT2D eigenvalue weighted by molar-refractivity contribution is -0.117. The van der Waals surface area contributed by atoms with Crippen LogP contribution < -0.4 is 5.73 Å². The molecule has 4 aromatic rings. The number of primary amides is 1. The summed E-state index contributed by atoms with van der Waals surface area (Å²) in [7, 11) is 0. The van der Waals surface area contributed by atoms with E-state index < -0.39 is 5.91 Å². The molecule has 1 aliphatic heterocycles. The largest absolute Gasteiger partial charge is 0.378 e. The van der Waals surface area contributed by atoms with Crippen LogP contribution in [-0.4, -0.2) is 48.0 Å². The number of carbonyl (C=O) groups is 2. The summed E-state index contributed by atoms with van der Waals surface area (Å²) in [4.78, 5) is 29.7. The molecule has 7 heteroatoms. The van der Waals surface area contributed by atoms with Gasteiger partial charge in [-0.2, -0.15) is 0 Å². The Morgan fingerprint density at radius 1 is 1.03 bits per heavy atom. The van der Waals surface area contributed by atoms with Gasteiger partial charge >= 0.3 is 0 Å². The average molecular weight is 431 g/mol. The maximum atomic E-state index is 14.7. The van der Waals surface area contributed by atoms with Crippen molar-refractivity contribution in [2.75, 3.05) is 26.3 Å². The van der Waals surface area contributed by atoms with Crippen molar-refractivity contribution in [1.29, 1.82) is 0 Å². The molecule has 0 radical (unpaired) electrons. The molecule has 1 aromatic heterocycles. The van der Waals surface area contributed by atoms with E-state index in [9.17, 15) is 14.0 Å². The Labute approximate surface area is 183 Å². The molecule has 32 heavy (non-hydrogen) atoms. The van der Waals surface area contributed by atoms with Crippen LogP contribution in [0.2, 0.25) is 0 Å². The number of nitrogens with two attached hydrogens (primary N) is 1. The molecule has 0 saturated carbocycles. The second-order valence-electron chi connectivity index (χ2n) is 7.94. The monoisotopic (exact) mass is 431 g/mol. The number of amides is 2. The second kappa shape index (κ2) is 8.09. The standard InChI is InChI=1S/C25H22FN3O3/c26-20-4-2-1-3-17(20)18-7-5-15(14-22(27)30)24-23(18)19-8-6-16(13-21(19)28-24)25(31)29-9-11-32-12-10-29/h1-8,13,28H,9-12,14H2,(H2,27,30). The summed E-state index contributed by atoms with van der Waals surface area (Å²) in [5.74, 6) is -0.836. The minimum absolute atomic E-state index is 0.0551. The smallest absolute Gasteiger partial charge is 0.254 e. The molecule has 0 bridgehead atoms. The number of morpholine rings is 1. The Morgan fingerprint density at radius 2 is 1.81 bits per heavy atom. The zero-order valence-electron chi connectivity index (χ0n) is 17.4. The van der Waals surface area contributed by atoms with Crippen LogP contribution in [0.1, 0.15) is 15.9 Å². The molecule has 1 fully saturated rings. The molecule has 5 rings (SSSR count). The minimum atomic E-state index is -0.452. The van der Waals surface area contributed by atoms with Gasteiger partial charge in [-0.1, -0.05) is 36.4 Å². The number of hydrogen-bond acceptors (Lipinski definition) is 3. The number of nitrogens with one attached hydrogen (secondary N) is 1. The number of H-pyrrole nitrogens is 1. The molecular formula is C25H22FN3O3. The molecule has 0 unspecified atom stereocenters. The number of halogens is 1. The van der Waals surface area contributed by atoms with Gasteiger partial charge in [-0.3, -0.25) is 9.59 Å². The molecule has 3 N–H and O–H groups in total. The first-order valence-electron chi connectivity index (χ1n) is 10.5. The van der Waals surface area contributed by atoms with E-state index in [1.54, 1.807) is 35.2 Å². The van der Waals surface area contributed by atoms with E-state index in [0.717, 1.165) is 27.4 Å². The number of benzene rings is 3. The van der Waals surface area contributed by atoms with Crippen LogP contribution in [0.3, 0.4) is 0 Å². The number of hydrogen-bond donors (Lipinski definition) is 2. The summed E-state index contributed by atoms with van der Waals surface area (Å²) in [6.45, 7) is 2.18. The molecule has 6 nitrogen and oxygen atoms in total. The zero-order valence-corrected chi connectivity index (χ0v) is 17.4. The maximum absolute atomic E-state index is 14.7. The first kappa shape index (κ1) is 20.2. The highest BCUT2D eigenvalue weighted by atomic mass is 19.1. The molecule has 0 aliphatic carbocycles. The van der Waals surface area contributed by atoms with Gasteiger partial charge in [0.25, 0.3) is 5.91 Å². The molecule has 2 heterocycles. The minimum Gasteiger partial charge on any atom is -0.378 e. The third-order valence-electron chi connectivity index (χ3n) is 5.91. The fraction of sp³-hybridized carbons (Fsp3) is 0.200. The first-order chi connectivity index (χ1) is 15.5. The Balaban J connectivity index is 1.70. The number of nitrogens with zero attached hydrogens (tertiary/aromatic N) is 1. The van der Waals surface area contributed by atoms with Crippen molar-refractivity contribution in [1.82, 2.24) is 9.88 Å². The normalized spacial score (nSPS) is 14.2. The zero-order chi connectivity index (χ0) is 22.2. The maximum Gasteiger partial charge on any atom is 0.254 e. The fourth-order valence-corrected chi connectivity index (χ4v) is 4.39. The Kier molecular flexibility index (Phi) is 5.11. The van der Waals surface area contributed by atoms with E-state index in [2.05, 4.69) is 4.98 Å². The van der Waals surface area contributed by atoms with Gasteiger partial charge in [-0.15, -0.1) is 0 Å². The van der Waals surface area contributed by atoms with Crippen LogP contribution in [0.25, 0.3) is 32.9 Å². The van der Waals surface area contributed by atoms with Crippen LogP contribution in [-0.2, 0) is 16.0 Å². The predicted molar refractivity (Wildman–Crippen MR) is 121 cm³/mol. The van der Waals surface area contributed by atoms with Crippen LogP contribution in [0.4, 0.5) is 4.39 Å². The lowest BCUT2D eigenvalue weighted by atomic mass is 9.95. The molecule has 1 saturated heterocycles. The van der Waals surface area contributed by atoms with Gasteiger partial charge in [-0.05, 0) is 29.3 Å². The van der Waals surface area contributed by atoms with Crippen LogP contribution in [0.5, 0.6) is 0 Å². The summed E-state index contributed by atoms with van der Waals surface area (Å²) in [6, 6.07) is 15.7. The van der Waals surface area contributed by atoms with E-state index in [1.807, 2.05) is 18.2 Å². The summed E-state index contributed by atoms with van der Waals surface area (Å²) >= 11 is 0. The summed E-state index contributed by atoms with van der Waals surface area (Å²) in [5.41, 5.74) is 9.39. The molecule has 0 atom stereocenters. The van der Waals surface area contributed by atoms with Crippen molar-refractivity contribution in [3.8, 4) is 11.1 Å². The van der Waals surface area contributed by atoms with Gasteiger partial charge in [0, 0.05) is 40.5 Å². The number of rotatable bonds is 4. The van der Waals surface area contributed by atoms with Crippen LogP contribution in [0, 0.1) is 5.82 Å². The van der Waals surface area contributed by atoms with Crippen molar-refractivity contribution < 1.29 is 18.7 Å². The molecule has 2 amide bonds. The highest BCUT2D eigenvalue weighted by molar-refractivity contribution is 6.16. The number of ether oxygens (including phenoxy) is 1. The topological polar surface area (TPSA) is 88.4 Å². The summed E-state index contributed by atoms with van der Waals surface area (Å²) < 4.78 is 20.0. The van der Waals surface area contributed by atoms with Gasteiger partial charge in [0.1, 0.15) is 5.82 Å². The SMILES string of the molecule is NC(=O)Cc1ccc(-c2ccccc2F)c2c1[nH]c1cc(C(=O)N3CCOCC3)ccc12. The molecule has 162 valence electrons. The average Bonchev–Trinajstić information content (AvgIpc) is 3.19. The van der Waals surface area contributed by atoms with Crippen molar-refractivity contribution >= 4 is 33.6 Å². The van der Waals surface area contributed by atoms with E-state index in [-0.39, 0.29) is 18.1 Å². The highest BCUT2D eigenvalue weighted by Gasteiger charge is 2.21. The van der Waals surface area contributed by atoms with Crippen LogP contribution >= 0.6 is 0 Å². The van der Waals surface area contributed by atoms with E-state index in [0.29, 0.717) is 43.0 Å². The molecule has 0 spiro atoms. The Hall–Kier alpha value is -3.71.